The number of piperidine rings is 1. The molecule has 0 spiro atoms. The molecule has 0 saturated carbocycles. The van der Waals surface area contributed by atoms with Crippen LogP contribution in [-0.4, -0.2) is 40.7 Å². The van der Waals surface area contributed by atoms with Crippen molar-refractivity contribution < 1.29 is 17.9 Å². The highest BCUT2D eigenvalue weighted by molar-refractivity contribution is 5.33. The maximum absolute atomic E-state index is 12.9. The Hall–Kier alpha value is -1.86. The standard InChI is InChI=1S/C21H28F3N3O/c1-20(19-25-11-15-26(19)2,17-7-9-18(10-8-17)21(22,23)24)28-16-6-14-27-12-4-3-5-13-27/h7-11,15H,3-6,12-14,16H2,1-2H3. The van der Waals surface area contributed by atoms with Gasteiger partial charge in [-0.15, -0.1) is 0 Å². The van der Waals surface area contributed by atoms with Crippen LogP contribution in [0.4, 0.5) is 13.2 Å². The van der Waals surface area contributed by atoms with Crippen LogP contribution in [0.5, 0.6) is 0 Å². The van der Waals surface area contributed by atoms with Gasteiger partial charge in [-0.3, -0.25) is 0 Å². The van der Waals surface area contributed by atoms with Crippen molar-refractivity contribution in [2.24, 2.45) is 7.05 Å². The molecule has 0 amide bonds. The molecule has 1 aromatic heterocycles. The van der Waals surface area contributed by atoms with Gasteiger partial charge < -0.3 is 14.2 Å². The number of hydrogen-bond donors (Lipinski definition) is 0. The second-order valence-corrected chi connectivity index (χ2v) is 7.57. The van der Waals surface area contributed by atoms with Crippen LogP contribution in [-0.2, 0) is 23.6 Å². The molecular formula is C21H28F3N3O. The highest BCUT2D eigenvalue weighted by Crippen LogP contribution is 2.35. The van der Waals surface area contributed by atoms with Crippen molar-refractivity contribution >= 4 is 0 Å². The maximum atomic E-state index is 12.9. The van der Waals surface area contributed by atoms with E-state index in [1.54, 1.807) is 6.20 Å². The molecule has 7 heteroatoms. The Morgan fingerprint density at radius 1 is 1.04 bits per heavy atom. The summed E-state index contributed by atoms with van der Waals surface area (Å²) in [5.41, 5.74) is -0.916. The lowest BCUT2D eigenvalue weighted by molar-refractivity contribution is -0.137. The van der Waals surface area contributed by atoms with E-state index in [9.17, 15) is 13.2 Å². The van der Waals surface area contributed by atoms with Gasteiger partial charge in [-0.05, 0) is 57.0 Å². The summed E-state index contributed by atoms with van der Waals surface area (Å²) in [6.07, 6.45) is 3.81. The normalized spacial score (nSPS) is 18.2. The second-order valence-electron chi connectivity index (χ2n) is 7.57. The fourth-order valence-electron chi connectivity index (χ4n) is 3.83. The molecule has 2 heterocycles. The Bertz CT molecular complexity index is 751. The molecular weight excluding hydrogens is 367 g/mol. The predicted octanol–water partition coefficient (Wildman–Crippen LogP) is 4.60. The fourth-order valence-corrected chi connectivity index (χ4v) is 3.83. The van der Waals surface area contributed by atoms with Gasteiger partial charge in [-0.2, -0.15) is 13.2 Å². The van der Waals surface area contributed by atoms with Gasteiger partial charge in [0.15, 0.2) is 0 Å². The molecule has 1 aliphatic rings. The van der Waals surface area contributed by atoms with Crippen molar-refractivity contribution in [3.63, 3.8) is 0 Å². The Morgan fingerprint density at radius 2 is 1.68 bits per heavy atom. The van der Waals surface area contributed by atoms with Gasteiger partial charge >= 0.3 is 6.18 Å². The van der Waals surface area contributed by atoms with Crippen LogP contribution in [0.2, 0.25) is 0 Å². The molecule has 1 atom stereocenters. The summed E-state index contributed by atoms with van der Waals surface area (Å²) in [4.78, 5) is 6.86. The van der Waals surface area contributed by atoms with E-state index in [0.29, 0.717) is 18.0 Å². The molecule has 154 valence electrons. The maximum Gasteiger partial charge on any atom is 0.416 e. The largest absolute Gasteiger partial charge is 0.416 e. The van der Waals surface area contributed by atoms with Gasteiger partial charge in [0.1, 0.15) is 11.4 Å². The number of benzene rings is 1. The van der Waals surface area contributed by atoms with Gasteiger partial charge in [0, 0.05) is 32.6 Å². The first-order chi connectivity index (χ1) is 13.3. The fraction of sp³-hybridized carbons (Fsp3) is 0.571. The number of aromatic nitrogens is 2. The minimum absolute atomic E-state index is 0.515. The van der Waals surface area contributed by atoms with Crippen molar-refractivity contribution in [3.8, 4) is 0 Å². The molecule has 0 bridgehead atoms. The van der Waals surface area contributed by atoms with Gasteiger partial charge in [0.2, 0.25) is 0 Å². The third-order valence-electron chi connectivity index (χ3n) is 5.47. The smallest absolute Gasteiger partial charge is 0.363 e. The molecule has 2 aromatic rings. The number of likely N-dealkylation sites (tertiary alicyclic amines) is 1. The molecule has 0 radical (unpaired) electrons. The first-order valence-electron chi connectivity index (χ1n) is 9.82. The van der Waals surface area contributed by atoms with Crippen molar-refractivity contribution in [2.75, 3.05) is 26.2 Å². The molecule has 0 N–H and O–H groups in total. The molecule has 4 nitrogen and oxygen atoms in total. The van der Waals surface area contributed by atoms with E-state index in [-0.39, 0.29) is 0 Å². The second kappa shape index (κ2) is 8.66. The third kappa shape index (κ3) is 4.75. The number of alkyl halides is 3. The zero-order chi connectivity index (χ0) is 20.2. The van der Waals surface area contributed by atoms with Crippen LogP contribution in [0, 0.1) is 0 Å². The topological polar surface area (TPSA) is 30.3 Å². The lowest BCUT2D eigenvalue weighted by Crippen LogP contribution is -2.34. The molecule has 1 aliphatic heterocycles. The van der Waals surface area contributed by atoms with E-state index in [4.69, 9.17) is 4.74 Å². The van der Waals surface area contributed by atoms with Crippen LogP contribution in [0.15, 0.2) is 36.7 Å². The van der Waals surface area contributed by atoms with Crippen LogP contribution in [0.25, 0.3) is 0 Å². The van der Waals surface area contributed by atoms with Crippen LogP contribution >= 0.6 is 0 Å². The van der Waals surface area contributed by atoms with Gasteiger partial charge in [0.05, 0.1) is 5.56 Å². The first kappa shape index (κ1) is 20.9. The Kier molecular flexibility index (Phi) is 6.45. The Labute approximate surface area is 164 Å². The lowest BCUT2D eigenvalue weighted by Gasteiger charge is -2.31. The van der Waals surface area contributed by atoms with Gasteiger partial charge in [-0.1, -0.05) is 18.6 Å². The van der Waals surface area contributed by atoms with Gasteiger partial charge in [0.25, 0.3) is 0 Å². The molecule has 1 fully saturated rings. The van der Waals surface area contributed by atoms with Crippen molar-refractivity contribution in [3.05, 3.63) is 53.6 Å². The van der Waals surface area contributed by atoms with Crippen molar-refractivity contribution in [1.82, 2.24) is 14.5 Å². The summed E-state index contributed by atoms with van der Waals surface area (Å²) in [6, 6.07) is 5.19. The number of hydrogen-bond acceptors (Lipinski definition) is 3. The monoisotopic (exact) mass is 395 g/mol. The third-order valence-corrected chi connectivity index (χ3v) is 5.47. The van der Waals surface area contributed by atoms with E-state index >= 15 is 0 Å². The number of rotatable bonds is 7. The summed E-state index contributed by atoms with van der Waals surface area (Å²) >= 11 is 0. The number of aryl methyl sites for hydroxylation is 1. The van der Waals surface area contributed by atoms with Crippen LogP contribution < -0.4 is 0 Å². The molecule has 1 saturated heterocycles. The average molecular weight is 395 g/mol. The summed E-state index contributed by atoms with van der Waals surface area (Å²) in [6.45, 7) is 5.63. The zero-order valence-electron chi connectivity index (χ0n) is 16.5. The lowest BCUT2D eigenvalue weighted by atomic mass is 9.93. The summed E-state index contributed by atoms with van der Waals surface area (Å²) in [7, 11) is 1.86. The highest BCUT2D eigenvalue weighted by Gasteiger charge is 2.36. The van der Waals surface area contributed by atoms with Crippen molar-refractivity contribution in [1.29, 1.82) is 0 Å². The quantitative estimate of drug-likeness (QED) is 0.642. The minimum Gasteiger partial charge on any atom is -0.363 e. The highest BCUT2D eigenvalue weighted by atomic mass is 19.4. The van der Waals surface area contributed by atoms with E-state index in [2.05, 4.69) is 9.88 Å². The Morgan fingerprint density at radius 3 is 2.25 bits per heavy atom. The molecule has 1 unspecified atom stereocenters. The predicted molar refractivity (Wildman–Crippen MR) is 102 cm³/mol. The Balaban J connectivity index is 1.73. The minimum atomic E-state index is -4.35. The zero-order valence-corrected chi connectivity index (χ0v) is 16.5. The molecule has 28 heavy (non-hydrogen) atoms. The van der Waals surface area contributed by atoms with E-state index in [0.717, 1.165) is 38.2 Å². The number of ether oxygens (including phenoxy) is 1. The average Bonchev–Trinajstić information content (AvgIpc) is 3.12. The summed E-state index contributed by atoms with van der Waals surface area (Å²) in [5, 5.41) is 0. The number of halogens is 3. The SMILES string of the molecule is Cn1ccnc1C(C)(OCCCN1CCCCC1)c1ccc(C(F)(F)F)cc1. The first-order valence-corrected chi connectivity index (χ1v) is 9.82. The van der Waals surface area contributed by atoms with Crippen LogP contribution in [0.1, 0.15) is 49.6 Å². The van der Waals surface area contributed by atoms with Gasteiger partial charge in [-0.25, -0.2) is 4.98 Å². The van der Waals surface area contributed by atoms with E-state index < -0.39 is 17.3 Å². The summed E-state index contributed by atoms with van der Waals surface area (Å²) < 4.78 is 46.9. The van der Waals surface area contributed by atoms with E-state index in [1.165, 1.54) is 31.4 Å². The van der Waals surface area contributed by atoms with Crippen molar-refractivity contribution in [2.45, 2.75) is 44.4 Å². The molecule has 0 aliphatic carbocycles. The number of nitrogens with zero attached hydrogens (tertiary/aromatic N) is 3. The molecule has 3 rings (SSSR count). The van der Waals surface area contributed by atoms with E-state index in [1.807, 2.05) is 24.7 Å². The number of imidazole rings is 1. The molecule has 1 aromatic carbocycles. The summed E-state index contributed by atoms with van der Waals surface area (Å²) in [5.74, 6) is 0.672. The van der Waals surface area contributed by atoms with Crippen LogP contribution in [0.3, 0.4) is 0 Å².